The van der Waals surface area contributed by atoms with Crippen molar-refractivity contribution < 1.29 is 31.8 Å². The summed E-state index contributed by atoms with van der Waals surface area (Å²) < 4.78 is 60.6. The Bertz CT molecular complexity index is 1230. The van der Waals surface area contributed by atoms with Crippen molar-refractivity contribution in [3.05, 3.63) is 65.5 Å². The van der Waals surface area contributed by atoms with E-state index < -0.39 is 38.9 Å². The largest absolute Gasteiger partial charge is 0.467 e. The topological polar surface area (TPSA) is 85.4 Å². The van der Waals surface area contributed by atoms with Crippen molar-refractivity contribution >= 4 is 21.7 Å². The number of rotatable bonds is 5. The number of esters is 1. The molecule has 3 heterocycles. The lowest BCUT2D eigenvalue weighted by Crippen LogP contribution is -2.54. The minimum atomic E-state index is -3.68. The van der Waals surface area contributed by atoms with Gasteiger partial charge in [-0.15, -0.1) is 0 Å². The van der Waals surface area contributed by atoms with Crippen molar-refractivity contribution in [1.29, 1.82) is 0 Å². The Labute approximate surface area is 217 Å². The quantitative estimate of drug-likeness (QED) is 0.542. The molecule has 0 aliphatic carbocycles. The van der Waals surface area contributed by atoms with Gasteiger partial charge in [0.1, 0.15) is 17.1 Å². The van der Waals surface area contributed by atoms with E-state index in [4.69, 9.17) is 14.2 Å². The van der Waals surface area contributed by atoms with Crippen LogP contribution in [0.15, 0.2) is 48.5 Å². The van der Waals surface area contributed by atoms with Crippen LogP contribution in [0.4, 0.5) is 10.1 Å². The van der Waals surface area contributed by atoms with E-state index in [1.807, 2.05) is 37.3 Å². The van der Waals surface area contributed by atoms with Gasteiger partial charge in [0.15, 0.2) is 5.79 Å². The molecule has 2 aromatic carbocycles. The van der Waals surface area contributed by atoms with Gasteiger partial charge in [-0.25, -0.2) is 17.6 Å². The van der Waals surface area contributed by atoms with Crippen LogP contribution in [0.3, 0.4) is 0 Å². The summed E-state index contributed by atoms with van der Waals surface area (Å²) in [7, 11) is -2.36. The van der Waals surface area contributed by atoms with Crippen molar-refractivity contribution in [2.45, 2.75) is 62.3 Å². The maximum absolute atomic E-state index is 15.4. The molecule has 0 N–H and O–H groups in total. The van der Waals surface area contributed by atoms with Crippen LogP contribution >= 0.6 is 0 Å². The van der Waals surface area contributed by atoms with Crippen LogP contribution in [0.2, 0.25) is 0 Å². The molecule has 0 saturated carbocycles. The molecule has 37 heavy (non-hydrogen) atoms. The first-order valence-electron chi connectivity index (χ1n) is 12.7. The van der Waals surface area contributed by atoms with Crippen LogP contribution in [0.5, 0.6) is 0 Å². The molecular formula is C27H33FN2O6S. The van der Waals surface area contributed by atoms with Gasteiger partial charge in [-0.3, -0.25) is 0 Å². The van der Waals surface area contributed by atoms with Crippen LogP contribution in [-0.2, 0) is 35.6 Å². The lowest BCUT2D eigenvalue weighted by molar-refractivity contribution is -0.183. The van der Waals surface area contributed by atoms with E-state index in [-0.39, 0.29) is 19.0 Å². The molecule has 3 aliphatic heterocycles. The molecule has 5 rings (SSSR count). The first-order valence-corrected chi connectivity index (χ1v) is 14.2. The van der Waals surface area contributed by atoms with Gasteiger partial charge < -0.3 is 19.1 Å². The van der Waals surface area contributed by atoms with Gasteiger partial charge in [0.25, 0.3) is 0 Å². The SMILES string of the molecule is COC(=O)[C@@H]1CC2(CCN1c1ccc(CN3C(C)CCC(c4ccccc4)S3(=O)=O)c(F)c1)OCCO2. The number of ether oxygens (including phenoxy) is 3. The monoisotopic (exact) mass is 532 g/mol. The Kier molecular flexibility index (Phi) is 7.28. The van der Waals surface area contributed by atoms with Crippen LogP contribution in [0.25, 0.3) is 0 Å². The average Bonchev–Trinajstić information content (AvgIpc) is 3.34. The average molecular weight is 533 g/mol. The Morgan fingerprint density at radius 1 is 1.14 bits per heavy atom. The predicted octanol–water partition coefficient (Wildman–Crippen LogP) is 3.77. The molecule has 3 saturated heterocycles. The molecule has 3 atom stereocenters. The molecule has 0 aromatic heterocycles. The standard InChI is InChI=1S/C27H33FN2O6S/c1-19-8-11-25(20-6-4-3-5-7-20)37(32,33)30(19)18-21-9-10-22(16-23(21)28)29-13-12-27(35-14-15-36-27)17-24(29)26(31)34-2/h3-7,9-10,16,19,24-25H,8,11-15,17-18H2,1-2H3/t19?,24-,25?/m0/s1. The molecule has 0 radical (unpaired) electrons. The molecular weight excluding hydrogens is 499 g/mol. The number of methoxy groups -OCH3 is 1. The second-order valence-corrected chi connectivity index (χ2v) is 12.1. The van der Waals surface area contributed by atoms with Crippen LogP contribution < -0.4 is 4.90 Å². The third-order valence-electron chi connectivity index (χ3n) is 7.79. The molecule has 1 spiro atoms. The summed E-state index contributed by atoms with van der Waals surface area (Å²) in [6, 6.07) is 13.0. The van der Waals surface area contributed by atoms with Gasteiger partial charge in [0.2, 0.25) is 10.0 Å². The number of piperidine rings is 1. The number of carbonyl (C=O) groups is 1. The summed E-state index contributed by atoms with van der Waals surface area (Å²) in [5.41, 5.74) is 1.57. The van der Waals surface area contributed by atoms with Crippen LogP contribution in [-0.4, -0.2) is 63.4 Å². The van der Waals surface area contributed by atoms with Crippen molar-refractivity contribution in [2.24, 2.45) is 0 Å². The fraction of sp³-hybridized carbons (Fsp3) is 0.519. The normalized spacial score (nSPS) is 27.3. The van der Waals surface area contributed by atoms with E-state index in [0.717, 1.165) is 5.56 Å². The lowest BCUT2D eigenvalue weighted by atomic mass is 9.94. The summed E-state index contributed by atoms with van der Waals surface area (Å²) >= 11 is 0. The summed E-state index contributed by atoms with van der Waals surface area (Å²) in [4.78, 5) is 14.4. The van der Waals surface area contributed by atoms with Crippen molar-refractivity contribution in [1.82, 2.24) is 4.31 Å². The van der Waals surface area contributed by atoms with E-state index in [1.165, 1.54) is 17.5 Å². The number of benzene rings is 2. The number of carbonyl (C=O) groups excluding carboxylic acids is 1. The highest BCUT2D eigenvalue weighted by Crippen LogP contribution is 2.40. The van der Waals surface area contributed by atoms with Crippen molar-refractivity contribution in [2.75, 3.05) is 31.8 Å². The van der Waals surface area contributed by atoms with Gasteiger partial charge in [0.05, 0.1) is 20.3 Å². The molecule has 10 heteroatoms. The summed E-state index contributed by atoms with van der Waals surface area (Å²) in [5.74, 6) is -1.77. The van der Waals surface area contributed by atoms with E-state index in [2.05, 4.69) is 0 Å². The van der Waals surface area contributed by atoms with E-state index in [1.54, 1.807) is 17.0 Å². The number of hydrogen-bond donors (Lipinski definition) is 0. The number of halogens is 1. The van der Waals surface area contributed by atoms with Crippen molar-refractivity contribution in [3.63, 3.8) is 0 Å². The van der Waals surface area contributed by atoms with Crippen molar-refractivity contribution in [3.8, 4) is 0 Å². The van der Waals surface area contributed by atoms with Gasteiger partial charge >= 0.3 is 5.97 Å². The van der Waals surface area contributed by atoms with E-state index in [9.17, 15) is 13.2 Å². The number of nitrogens with zero attached hydrogens (tertiary/aromatic N) is 2. The molecule has 0 bridgehead atoms. The Balaban J connectivity index is 1.37. The minimum Gasteiger partial charge on any atom is -0.467 e. The zero-order valence-corrected chi connectivity index (χ0v) is 22.0. The Morgan fingerprint density at radius 3 is 2.54 bits per heavy atom. The van der Waals surface area contributed by atoms with Gasteiger partial charge in [0, 0.05) is 43.2 Å². The highest BCUT2D eigenvalue weighted by molar-refractivity contribution is 7.89. The molecule has 200 valence electrons. The molecule has 2 aromatic rings. The maximum atomic E-state index is 15.4. The third-order valence-corrected chi connectivity index (χ3v) is 10.2. The highest BCUT2D eigenvalue weighted by atomic mass is 32.2. The summed E-state index contributed by atoms with van der Waals surface area (Å²) in [6.45, 7) is 3.18. The van der Waals surface area contributed by atoms with Gasteiger partial charge in [-0.1, -0.05) is 36.4 Å². The first kappa shape index (κ1) is 26.1. The highest BCUT2D eigenvalue weighted by Gasteiger charge is 2.47. The zero-order chi connectivity index (χ0) is 26.2. The Hall–Kier alpha value is -2.53. The fourth-order valence-corrected chi connectivity index (χ4v) is 7.92. The molecule has 3 fully saturated rings. The predicted molar refractivity (Wildman–Crippen MR) is 136 cm³/mol. The fourth-order valence-electron chi connectivity index (χ4n) is 5.73. The van der Waals surface area contributed by atoms with E-state index in [0.29, 0.717) is 50.3 Å². The summed E-state index contributed by atoms with van der Waals surface area (Å²) in [5, 5.41) is -0.645. The first-order chi connectivity index (χ1) is 17.7. The second-order valence-electron chi connectivity index (χ2n) is 9.99. The van der Waals surface area contributed by atoms with Crippen LogP contribution in [0.1, 0.15) is 49.0 Å². The third kappa shape index (κ3) is 4.99. The number of hydrogen-bond acceptors (Lipinski definition) is 7. The molecule has 3 aliphatic rings. The minimum absolute atomic E-state index is 0.0514. The molecule has 8 nitrogen and oxygen atoms in total. The maximum Gasteiger partial charge on any atom is 0.328 e. The lowest BCUT2D eigenvalue weighted by Gasteiger charge is -2.43. The number of anilines is 1. The number of sulfonamides is 1. The molecule has 0 amide bonds. The summed E-state index contributed by atoms with van der Waals surface area (Å²) in [6.07, 6.45) is 2.05. The second kappa shape index (κ2) is 10.3. The van der Waals surface area contributed by atoms with Crippen LogP contribution in [0, 0.1) is 5.82 Å². The zero-order valence-electron chi connectivity index (χ0n) is 21.1. The van der Waals surface area contributed by atoms with Gasteiger partial charge in [-0.2, -0.15) is 4.31 Å². The Morgan fingerprint density at radius 2 is 1.86 bits per heavy atom. The molecule has 2 unspecified atom stereocenters. The van der Waals surface area contributed by atoms with Gasteiger partial charge in [-0.05, 0) is 37.5 Å². The van der Waals surface area contributed by atoms with E-state index >= 15 is 4.39 Å². The smallest absolute Gasteiger partial charge is 0.328 e.